The molecular formula is C12H10F17NO4S. The Morgan fingerprint density at radius 3 is 1.09 bits per heavy atom. The van der Waals surface area contributed by atoms with E-state index in [2.05, 4.69) is 0 Å². The Kier molecular flexibility index (Phi) is 9.67. The highest BCUT2D eigenvalue weighted by Gasteiger charge is 2.96. The molecule has 0 saturated heterocycles. The van der Waals surface area contributed by atoms with Crippen molar-refractivity contribution >= 4 is 16.0 Å². The second-order valence-electron chi connectivity index (χ2n) is 5.98. The molecule has 0 unspecified atom stereocenters. The summed E-state index contributed by atoms with van der Waals surface area (Å²) in [5, 5.41) is -0.0825. The van der Waals surface area contributed by atoms with Gasteiger partial charge < -0.3 is 5.11 Å². The van der Waals surface area contributed by atoms with Gasteiger partial charge in [-0.1, -0.05) is 6.92 Å². The lowest BCUT2D eigenvalue weighted by Crippen LogP contribution is -2.75. The number of alkyl halides is 17. The molecule has 0 heterocycles. The first-order valence-electron chi connectivity index (χ1n) is 7.69. The summed E-state index contributed by atoms with van der Waals surface area (Å²) in [5.41, 5.74) is 0. The molecule has 0 rings (SSSR count). The molecule has 0 aromatic carbocycles. The van der Waals surface area contributed by atoms with Gasteiger partial charge in [0.05, 0.1) is 0 Å². The fourth-order valence-electron chi connectivity index (χ4n) is 1.60. The third-order valence-electron chi connectivity index (χ3n) is 3.37. The maximum absolute atomic E-state index is 13.4. The molecule has 0 fully saturated rings. The van der Waals surface area contributed by atoms with Crippen LogP contribution in [0.25, 0.3) is 0 Å². The molecule has 0 aliphatic rings. The summed E-state index contributed by atoms with van der Waals surface area (Å²) in [7, 11) is -7.15. The van der Waals surface area contributed by atoms with Crippen LogP contribution in [0.2, 0.25) is 0 Å². The van der Waals surface area contributed by atoms with Gasteiger partial charge in [0.1, 0.15) is 0 Å². The van der Waals surface area contributed by atoms with E-state index in [4.69, 9.17) is 9.90 Å². The molecule has 0 aromatic rings. The Bertz CT molecular complexity index is 861. The minimum absolute atomic E-state index is 0.365. The maximum Gasteiger partial charge on any atom is 0.460 e. The average molecular weight is 587 g/mol. The van der Waals surface area contributed by atoms with Crippen LogP contribution in [0.15, 0.2) is 0 Å². The summed E-state index contributed by atoms with van der Waals surface area (Å²) in [6.45, 7) is 0.272. The number of hydrogen-bond acceptors (Lipinski definition) is 3. The van der Waals surface area contributed by atoms with E-state index in [0.717, 1.165) is 6.92 Å². The van der Waals surface area contributed by atoms with Gasteiger partial charge in [0.15, 0.2) is 0 Å². The van der Waals surface area contributed by atoms with Crippen molar-refractivity contribution in [3.63, 3.8) is 0 Å². The van der Waals surface area contributed by atoms with Gasteiger partial charge >= 0.3 is 47.0 Å². The molecule has 35 heavy (non-hydrogen) atoms. The lowest BCUT2D eigenvalue weighted by Gasteiger charge is -2.42. The van der Waals surface area contributed by atoms with Gasteiger partial charge in [0.25, 0.3) is 16.0 Å². The molecule has 0 amide bonds. The zero-order valence-electron chi connectivity index (χ0n) is 16.2. The molecule has 0 aromatic heterocycles. The fraction of sp³-hybridized carbons (Fsp3) is 0.917. The van der Waals surface area contributed by atoms with Crippen molar-refractivity contribution < 1.29 is 93.0 Å². The van der Waals surface area contributed by atoms with E-state index in [0.29, 0.717) is 11.6 Å². The Balaban J connectivity index is 0. The first kappa shape index (κ1) is 35.4. The summed E-state index contributed by atoms with van der Waals surface area (Å²) in [6.07, 6.45) is -7.86. The first-order valence-corrected chi connectivity index (χ1v) is 9.18. The Labute approximate surface area is 182 Å². The number of carboxylic acid groups (broad SMARTS) is 1. The molecule has 2 N–H and O–H groups in total. The van der Waals surface area contributed by atoms with E-state index in [9.17, 15) is 83.1 Å². The van der Waals surface area contributed by atoms with Crippen molar-refractivity contribution in [2.45, 2.75) is 60.8 Å². The number of carbonyl (C=O) groups is 1. The molecular weight excluding hydrogens is 577 g/mol. The molecule has 23 heteroatoms. The van der Waals surface area contributed by atoms with Gasteiger partial charge in [-0.25, -0.2) is 13.1 Å². The van der Waals surface area contributed by atoms with E-state index >= 15 is 0 Å². The van der Waals surface area contributed by atoms with Crippen molar-refractivity contribution in [2.75, 3.05) is 6.54 Å². The summed E-state index contributed by atoms with van der Waals surface area (Å²) < 4.78 is 242. The highest BCUT2D eigenvalue weighted by atomic mass is 32.2. The zero-order valence-corrected chi connectivity index (χ0v) is 17.0. The zero-order chi connectivity index (χ0) is 29.5. The second-order valence-corrected chi connectivity index (χ2v) is 7.79. The van der Waals surface area contributed by atoms with Crippen molar-refractivity contribution in [2.24, 2.45) is 0 Å². The summed E-state index contributed by atoms with van der Waals surface area (Å²) >= 11 is 0. The van der Waals surface area contributed by atoms with E-state index in [1.54, 1.807) is 0 Å². The fourth-order valence-corrected chi connectivity index (χ4v) is 2.63. The number of carboxylic acids is 1. The van der Waals surface area contributed by atoms with Crippen LogP contribution < -0.4 is 4.72 Å². The van der Waals surface area contributed by atoms with E-state index in [1.165, 1.54) is 0 Å². The third kappa shape index (κ3) is 5.33. The maximum atomic E-state index is 13.4. The van der Waals surface area contributed by atoms with E-state index in [1.807, 2.05) is 0 Å². The number of halogens is 17. The lowest BCUT2D eigenvalue weighted by atomic mass is 9.91. The van der Waals surface area contributed by atoms with Gasteiger partial charge in [-0.15, -0.1) is 0 Å². The molecule has 0 spiro atoms. The van der Waals surface area contributed by atoms with Crippen molar-refractivity contribution in [3.05, 3.63) is 0 Å². The normalized spacial score (nSPS) is 15.4. The molecule has 0 atom stereocenters. The minimum atomic E-state index is -8.81. The Morgan fingerprint density at radius 1 is 0.629 bits per heavy atom. The van der Waals surface area contributed by atoms with Crippen LogP contribution in [-0.2, 0) is 14.8 Å². The topological polar surface area (TPSA) is 83.5 Å². The molecule has 212 valence electrons. The second kappa shape index (κ2) is 9.57. The van der Waals surface area contributed by atoms with Crippen LogP contribution in [0.5, 0.6) is 0 Å². The predicted molar refractivity (Wildman–Crippen MR) is 76.6 cm³/mol. The predicted octanol–water partition coefficient (Wildman–Crippen LogP) is 4.98. The Hall–Kier alpha value is -1.81. The van der Waals surface area contributed by atoms with Gasteiger partial charge in [-0.05, 0) is 0 Å². The highest BCUT2D eigenvalue weighted by Crippen LogP contribution is 2.64. The number of rotatable bonds is 9. The molecule has 0 radical (unpaired) electrons. The quantitative estimate of drug-likeness (QED) is 0.373. The SMILES string of the molecule is CC(=O)O.CCNS(=O)(=O)C(F)(F)C(F)(F)C(F)(F)C(F)(F)C(F)(F)C(F)(F)C(F)(F)C(F)(F)F. The van der Waals surface area contributed by atoms with Gasteiger partial charge in [-0.3, -0.25) is 4.79 Å². The summed E-state index contributed by atoms with van der Waals surface area (Å²) in [5.74, 6) is -52.3. The smallest absolute Gasteiger partial charge is 0.460 e. The minimum Gasteiger partial charge on any atom is -0.481 e. The van der Waals surface area contributed by atoms with Crippen LogP contribution in [0.3, 0.4) is 0 Å². The van der Waals surface area contributed by atoms with Gasteiger partial charge in [-0.2, -0.15) is 74.6 Å². The number of hydrogen-bond donors (Lipinski definition) is 2. The van der Waals surface area contributed by atoms with Crippen molar-refractivity contribution in [3.8, 4) is 0 Å². The Morgan fingerprint density at radius 2 is 0.857 bits per heavy atom. The van der Waals surface area contributed by atoms with Crippen LogP contribution in [0.4, 0.5) is 74.6 Å². The number of nitrogens with one attached hydrogen (secondary N) is 1. The van der Waals surface area contributed by atoms with Crippen LogP contribution in [0.1, 0.15) is 13.8 Å². The van der Waals surface area contributed by atoms with Gasteiger partial charge in [0.2, 0.25) is 0 Å². The summed E-state index contributed by atoms with van der Waals surface area (Å²) in [4.78, 5) is 9.00. The molecule has 0 aliphatic carbocycles. The van der Waals surface area contributed by atoms with Crippen molar-refractivity contribution in [1.82, 2.24) is 4.72 Å². The third-order valence-corrected chi connectivity index (χ3v) is 4.97. The van der Waals surface area contributed by atoms with Crippen LogP contribution in [0, 0.1) is 0 Å². The van der Waals surface area contributed by atoms with Crippen LogP contribution in [-0.4, -0.2) is 73.0 Å². The number of sulfonamides is 1. The van der Waals surface area contributed by atoms with E-state index in [-0.39, 0.29) is 0 Å². The molecule has 0 bridgehead atoms. The van der Waals surface area contributed by atoms with E-state index < -0.39 is 69.5 Å². The van der Waals surface area contributed by atoms with Gasteiger partial charge in [0, 0.05) is 13.5 Å². The van der Waals surface area contributed by atoms with Crippen molar-refractivity contribution in [1.29, 1.82) is 0 Å². The molecule has 5 nitrogen and oxygen atoms in total. The van der Waals surface area contributed by atoms with Crippen LogP contribution >= 0.6 is 0 Å². The molecule has 0 aliphatic heterocycles. The first-order chi connectivity index (χ1) is 14.8. The summed E-state index contributed by atoms with van der Waals surface area (Å²) in [6, 6.07) is 0. The molecule has 0 saturated carbocycles. The number of aliphatic carboxylic acids is 1. The monoisotopic (exact) mass is 587 g/mol. The largest absolute Gasteiger partial charge is 0.481 e. The highest BCUT2D eigenvalue weighted by molar-refractivity contribution is 7.90. The standard InChI is InChI=1S/C10H6F17NO2S.C2H4O2/c1-2-28-31(29,30)10(26,27)8(21,22)6(17,18)4(13,14)3(11,12)5(15,16)7(19,20)9(23,24)25;1-2(3)4/h28H,2H2,1H3;1H3,(H,3,4). The average Bonchev–Trinajstić information content (AvgIpc) is 2.58. The lowest BCUT2D eigenvalue weighted by molar-refractivity contribution is -0.458.